The van der Waals surface area contributed by atoms with E-state index in [1.165, 1.54) is 4.90 Å². The largest absolute Gasteiger partial charge is 0.317 e. The van der Waals surface area contributed by atoms with E-state index in [0.29, 0.717) is 0 Å². The Hall–Kier alpha value is -0.910. The first kappa shape index (κ1) is 13.5. The van der Waals surface area contributed by atoms with Crippen molar-refractivity contribution in [1.82, 2.24) is 15.5 Å². The predicted molar refractivity (Wildman–Crippen MR) is 79.4 cm³/mol. The minimum absolute atomic E-state index is 0.953. The van der Waals surface area contributed by atoms with Gasteiger partial charge in [-0.1, -0.05) is 30.4 Å². The van der Waals surface area contributed by atoms with E-state index in [0.717, 1.165) is 35.1 Å². The number of rotatable bonds is 6. The SMILES string of the molecule is CCNCCc1nnc(-c2ccc(SC)cc2)s1. The van der Waals surface area contributed by atoms with Crippen LogP contribution in [-0.4, -0.2) is 29.5 Å². The van der Waals surface area contributed by atoms with E-state index < -0.39 is 0 Å². The van der Waals surface area contributed by atoms with Crippen molar-refractivity contribution in [2.45, 2.75) is 18.2 Å². The molecule has 1 aromatic heterocycles. The number of thioether (sulfide) groups is 1. The summed E-state index contributed by atoms with van der Waals surface area (Å²) in [6, 6.07) is 8.47. The molecule has 1 heterocycles. The van der Waals surface area contributed by atoms with Crippen LogP contribution in [0.25, 0.3) is 10.6 Å². The highest BCUT2D eigenvalue weighted by molar-refractivity contribution is 7.98. The smallest absolute Gasteiger partial charge is 0.147 e. The van der Waals surface area contributed by atoms with E-state index in [1.807, 2.05) is 0 Å². The summed E-state index contributed by atoms with van der Waals surface area (Å²) in [7, 11) is 0. The molecule has 0 spiro atoms. The average molecular weight is 279 g/mol. The molecule has 0 bridgehead atoms. The van der Waals surface area contributed by atoms with Crippen LogP contribution in [0.5, 0.6) is 0 Å². The van der Waals surface area contributed by atoms with Gasteiger partial charge in [-0.05, 0) is 24.9 Å². The summed E-state index contributed by atoms with van der Waals surface area (Å²) in [5.41, 5.74) is 1.15. The van der Waals surface area contributed by atoms with Gasteiger partial charge in [-0.25, -0.2) is 0 Å². The van der Waals surface area contributed by atoms with Crippen LogP contribution in [0, 0.1) is 0 Å². The van der Waals surface area contributed by atoms with Gasteiger partial charge in [0.25, 0.3) is 0 Å². The van der Waals surface area contributed by atoms with Crippen LogP contribution in [0.2, 0.25) is 0 Å². The second kappa shape index (κ2) is 6.87. The molecule has 0 saturated heterocycles. The minimum atomic E-state index is 0.953. The summed E-state index contributed by atoms with van der Waals surface area (Å²) in [4.78, 5) is 1.27. The Morgan fingerprint density at radius 2 is 2.00 bits per heavy atom. The van der Waals surface area contributed by atoms with Crippen LogP contribution in [-0.2, 0) is 6.42 Å². The predicted octanol–water partition coefficient (Wildman–Crippen LogP) is 3.08. The normalized spacial score (nSPS) is 10.8. The van der Waals surface area contributed by atoms with Crippen LogP contribution in [0.15, 0.2) is 29.2 Å². The van der Waals surface area contributed by atoms with Crippen LogP contribution < -0.4 is 5.32 Å². The molecule has 0 aliphatic rings. The van der Waals surface area contributed by atoms with Crippen molar-refractivity contribution in [3.05, 3.63) is 29.3 Å². The Kier molecular flexibility index (Phi) is 5.16. The standard InChI is InChI=1S/C13H17N3S2/c1-3-14-9-8-12-15-16-13(18-12)10-4-6-11(17-2)7-5-10/h4-7,14H,3,8-9H2,1-2H3. The Morgan fingerprint density at radius 1 is 1.22 bits per heavy atom. The number of hydrogen-bond donors (Lipinski definition) is 1. The molecule has 0 radical (unpaired) electrons. The Labute approximate surface area is 116 Å². The lowest BCUT2D eigenvalue weighted by Gasteiger charge is -1.98. The van der Waals surface area contributed by atoms with E-state index in [-0.39, 0.29) is 0 Å². The lowest BCUT2D eigenvalue weighted by atomic mass is 10.2. The molecule has 2 rings (SSSR count). The van der Waals surface area contributed by atoms with Gasteiger partial charge in [-0.2, -0.15) is 0 Å². The molecule has 0 unspecified atom stereocenters. The number of nitrogens with one attached hydrogen (secondary N) is 1. The summed E-state index contributed by atoms with van der Waals surface area (Å²) in [6.45, 7) is 4.08. The fraction of sp³-hybridized carbons (Fsp3) is 0.385. The zero-order valence-corrected chi connectivity index (χ0v) is 12.3. The first-order valence-corrected chi connectivity index (χ1v) is 8.05. The van der Waals surface area contributed by atoms with Gasteiger partial charge in [-0.3, -0.25) is 0 Å². The second-order valence-electron chi connectivity index (χ2n) is 3.83. The van der Waals surface area contributed by atoms with Crippen molar-refractivity contribution in [3.63, 3.8) is 0 Å². The van der Waals surface area contributed by atoms with Gasteiger partial charge in [0.1, 0.15) is 10.0 Å². The van der Waals surface area contributed by atoms with E-state index >= 15 is 0 Å². The third-order valence-corrected chi connectivity index (χ3v) is 4.35. The van der Waals surface area contributed by atoms with E-state index in [9.17, 15) is 0 Å². The Bertz CT molecular complexity index is 479. The van der Waals surface area contributed by atoms with E-state index in [1.54, 1.807) is 23.1 Å². The molecular formula is C13H17N3S2. The number of nitrogens with zero attached hydrogens (tertiary/aromatic N) is 2. The average Bonchev–Trinajstić information content (AvgIpc) is 2.88. The van der Waals surface area contributed by atoms with Crippen LogP contribution in [0.4, 0.5) is 0 Å². The molecule has 0 saturated carbocycles. The molecule has 96 valence electrons. The van der Waals surface area contributed by atoms with Crippen molar-refractivity contribution in [2.24, 2.45) is 0 Å². The fourth-order valence-corrected chi connectivity index (χ4v) is 2.83. The first-order chi connectivity index (χ1) is 8.83. The van der Waals surface area contributed by atoms with Gasteiger partial charge >= 0.3 is 0 Å². The van der Waals surface area contributed by atoms with Gasteiger partial charge in [0.05, 0.1) is 0 Å². The Balaban J connectivity index is 2.04. The third kappa shape index (κ3) is 3.54. The topological polar surface area (TPSA) is 37.8 Å². The van der Waals surface area contributed by atoms with Gasteiger partial charge < -0.3 is 5.32 Å². The quantitative estimate of drug-likeness (QED) is 0.651. The lowest BCUT2D eigenvalue weighted by molar-refractivity contribution is 0.710. The molecule has 0 amide bonds. The van der Waals surface area contributed by atoms with Crippen LogP contribution >= 0.6 is 23.1 Å². The maximum atomic E-state index is 4.25. The van der Waals surface area contributed by atoms with Crippen molar-refractivity contribution in [2.75, 3.05) is 19.3 Å². The number of aromatic nitrogens is 2. The molecule has 0 aliphatic heterocycles. The fourth-order valence-electron chi connectivity index (χ4n) is 1.58. The Morgan fingerprint density at radius 3 is 2.67 bits per heavy atom. The summed E-state index contributed by atoms with van der Waals surface area (Å²) >= 11 is 3.43. The summed E-state index contributed by atoms with van der Waals surface area (Å²) in [5.74, 6) is 0. The van der Waals surface area contributed by atoms with Crippen LogP contribution in [0.3, 0.4) is 0 Å². The second-order valence-corrected chi connectivity index (χ2v) is 5.77. The van der Waals surface area contributed by atoms with Gasteiger partial charge in [-0.15, -0.1) is 22.0 Å². The number of hydrogen-bond acceptors (Lipinski definition) is 5. The lowest BCUT2D eigenvalue weighted by Crippen LogP contribution is -2.15. The minimum Gasteiger partial charge on any atom is -0.317 e. The molecule has 0 atom stereocenters. The van der Waals surface area contributed by atoms with Crippen molar-refractivity contribution in [1.29, 1.82) is 0 Å². The van der Waals surface area contributed by atoms with Crippen molar-refractivity contribution in [3.8, 4) is 10.6 Å². The highest BCUT2D eigenvalue weighted by atomic mass is 32.2. The molecule has 0 aliphatic carbocycles. The molecule has 2 aromatic rings. The molecule has 5 heteroatoms. The number of likely N-dealkylation sites (N-methyl/N-ethyl adjacent to an activating group) is 1. The molecule has 1 aromatic carbocycles. The van der Waals surface area contributed by atoms with Gasteiger partial charge in [0.15, 0.2) is 0 Å². The molecule has 3 nitrogen and oxygen atoms in total. The van der Waals surface area contributed by atoms with Gasteiger partial charge in [0.2, 0.25) is 0 Å². The third-order valence-electron chi connectivity index (χ3n) is 2.57. The number of benzene rings is 1. The van der Waals surface area contributed by atoms with Crippen molar-refractivity contribution < 1.29 is 0 Å². The zero-order chi connectivity index (χ0) is 12.8. The summed E-state index contributed by atoms with van der Waals surface area (Å²) in [6.07, 6.45) is 3.03. The molecule has 1 N–H and O–H groups in total. The van der Waals surface area contributed by atoms with Gasteiger partial charge in [0, 0.05) is 23.4 Å². The first-order valence-electron chi connectivity index (χ1n) is 6.01. The molecule has 0 fully saturated rings. The highest BCUT2D eigenvalue weighted by Gasteiger charge is 2.06. The van der Waals surface area contributed by atoms with Crippen molar-refractivity contribution >= 4 is 23.1 Å². The summed E-state index contributed by atoms with van der Waals surface area (Å²) < 4.78 is 0. The highest BCUT2D eigenvalue weighted by Crippen LogP contribution is 2.25. The van der Waals surface area contributed by atoms with E-state index in [4.69, 9.17) is 0 Å². The maximum Gasteiger partial charge on any atom is 0.147 e. The molecule has 18 heavy (non-hydrogen) atoms. The van der Waals surface area contributed by atoms with E-state index in [2.05, 4.69) is 53.0 Å². The monoisotopic (exact) mass is 279 g/mol. The maximum absolute atomic E-state index is 4.25. The van der Waals surface area contributed by atoms with Crippen LogP contribution in [0.1, 0.15) is 11.9 Å². The molecular weight excluding hydrogens is 262 g/mol. The summed E-state index contributed by atoms with van der Waals surface area (Å²) in [5, 5.41) is 13.9. The zero-order valence-electron chi connectivity index (χ0n) is 10.6.